The Morgan fingerprint density at radius 2 is 2.00 bits per heavy atom. The Kier molecular flexibility index (Phi) is 6.13. The number of amides is 3. The molecule has 0 bridgehead atoms. The van der Waals surface area contributed by atoms with Gasteiger partial charge in [-0.2, -0.15) is 0 Å². The lowest BCUT2D eigenvalue weighted by molar-refractivity contribution is -0.124. The van der Waals surface area contributed by atoms with Crippen molar-refractivity contribution in [1.82, 2.24) is 10.2 Å². The van der Waals surface area contributed by atoms with Gasteiger partial charge in [-0.05, 0) is 42.5 Å². The fraction of sp³-hybridized carbons (Fsp3) is 0.250. The number of nitrogens with zero attached hydrogens (tertiary/aromatic N) is 1. The summed E-state index contributed by atoms with van der Waals surface area (Å²) in [5.74, 6) is 0.279. The first-order valence-corrected chi connectivity index (χ1v) is 9.46. The van der Waals surface area contributed by atoms with Crippen LogP contribution in [0.5, 0.6) is 0 Å². The molecular formula is C20H20N2O4S. The van der Waals surface area contributed by atoms with Gasteiger partial charge in [0.1, 0.15) is 5.76 Å². The number of aryl methyl sites for hydroxylation is 2. The van der Waals surface area contributed by atoms with Gasteiger partial charge < -0.3 is 9.73 Å². The van der Waals surface area contributed by atoms with Crippen LogP contribution in [0.3, 0.4) is 0 Å². The van der Waals surface area contributed by atoms with Gasteiger partial charge in [-0.1, -0.05) is 29.8 Å². The summed E-state index contributed by atoms with van der Waals surface area (Å²) >= 11 is 0.922. The maximum absolute atomic E-state index is 12.4. The average Bonchev–Trinajstić information content (AvgIpc) is 3.26. The van der Waals surface area contributed by atoms with Crippen molar-refractivity contribution >= 4 is 34.9 Å². The second-order valence-electron chi connectivity index (χ2n) is 6.17. The topological polar surface area (TPSA) is 79.6 Å². The average molecular weight is 384 g/mol. The smallest absolute Gasteiger partial charge is 0.293 e. The molecule has 0 radical (unpaired) electrons. The van der Waals surface area contributed by atoms with Gasteiger partial charge in [0.05, 0.1) is 11.2 Å². The molecule has 2 heterocycles. The molecule has 2 aromatic rings. The molecule has 0 aliphatic carbocycles. The predicted octanol–water partition coefficient (Wildman–Crippen LogP) is 3.37. The molecule has 1 aliphatic heterocycles. The lowest BCUT2D eigenvalue weighted by Gasteiger charge is -2.12. The molecule has 0 saturated carbocycles. The molecule has 3 amide bonds. The quantitative estimate of drug-likeness (QED) is 0.741. The summed E-state index contributed by atoms with van der Waals surface area (Å²) in [6.07, 6.45) is 4.09. The van der Waals surface area contributed by atoms with E-state index in [0.29, 0.717) is 17.7 Å². The van der Waals surface area contributed by atoms with Crippen LogP contribution in [0.25, 0.3) is 6.08 Å². The van der Waals surface area contributed by atoms with E-state index in [1.807, 2.05) is 37.3 Å². The minimum atomic E-state index is -0.324. The second kappa shape index (κ2) is 8.73. The third kappa shape index (κ3) is 5.10. The molecule has 27 heavy (non-hydrogen) atoms. The van der Waals surface area contributed by atoms with Gasteiger partial charge in [0.25, 0.3) is 11.1 Å². The lowest BCUT2D eigenvalue weighted by atomic mass is 10.1. The van der Waals surface area contributed by atoms with Crippen LogP contribution < -0.4 is 5.32 Å². The zero-order chi connectivity index (χ0) is 19.2. The third-order valence-electron chi connectivity index (χ3n) is 4.08. The van der Waals surface area contributed by atoms with E-state index in [9.17, 15) is 14.4 Å². The molecule has 0 atom stereocenters. The van der Waals surface area contributed by atoms with Crippen molar-refractivity contribution in [1.29, 1.82) is 0 Å². The van der Waals surface area contributed by atoms with Crippen LogP contribution in [0.2, 0.25) is 0 Å². The Bertz CT molecular complexity index is 857. The Morgan fingerprint density at radius 1 is 1.22 bits per heavy atom. The van der Waals surface area contributed by atoms with Crippen molar-refractivity contribution in [3.8, 4) is 0 Å². The molecule has 0 unspecified atom stereocenters. The standard InChI is InChI=1S/C20H20N2O4S/c1-14-4-6-15(7-5-14)13-17-19(24)22(20(25)27-17)11-10-21-18(23)9-8-16-3-2-12-26-16/h2-7,12-13H,8-11H2,1H3,(H,21,23)/b17-13-. The first-order chi connectivity index (χ1) is 13.0. The third-order valence-corrected chi connectivity index (χ3v) is 4.99. The SMILES string of the molecule is Cc1ccc(/C=C2\SC(=O)N(CCNC(=O)CCc3ccco3)C2=O)cc1. The number of carbonyl (C=O) groups excluding carboxylic acids is 3. The van der Waals surface area contributed by atoms with E-state index in [2.05, 4.69) is 5.32 Å². The van der Waals surface area contributed by atoms with E-state index >= 15 is 0 Å². The number of rotatable bonds is 7. The predicted molar refractivity (Wildman–Crippen MR) is 104 cm³/mol. The van der Waals surface area contributed by atoms with Crippen molar-refractivity contribution in [3.05, 3.63) is 64.5 Å². The molecule has 1 aromatic heterocycles. The maximum atomic E-state index is 12.4. The molecule has 1 N–H and O–H groups in total. The summed E-state index contributed by atoms with van der Waals surface area (Å²) in [5.41, 5.74) is 2.00. The molecule has 0 spiro atoms. The van der Waals surface area contributed by atoms with Gasteiger partial charge in [-0.15, -0.1) is 0 Å². The zero-order valence-electron chi connectivity index (χ0n) is 14.9. The number of nitrogens with one attached hydrogen (secondary N) is 1. The van der Waals surface area contributed by atoms with Crippen molar-refractivity contribution in [2.75, 3.05) is 13.1 Å². The molecule has 7 heteroatoms. The minimum Gasteiger partial charge on any atom is -0.469 e. The highest BCUT2D eigenvalue weighted by molar-refractivity contribution is 8.18. The highest BCUT2D eigenvalue weighted by Gasteiger charge is 2.34. The fourth-order valence-electron chi connectivity index (χ4n) is 2.59. The first-order valence-electron chi connectivity index (χ1n) is 8.64. The monoisotopic (exact) mass is 384 g/mol. The Hall–Kier alpha value is -2.80. The van der Waals surface area contributed by atoms with Crippen LogP contribution >= 0.6 is 11.8 Å². The number of imide groups is 1. The minimum absolute atomic E-state index is 0.145. The largest absolute Gasteiger partial charge is 0.469 e. The van der Waals surface area contributed by atoms with E-state index in [0.717, 1.165) is 33.5 Å². The molecule has 6 nitrogen and oxygen atoms in total. The van der Waals surface area contributed by atoms with Gasteiger partial charge >= 0.3 is 0 Å². The summed E-state index contributed by atoms with van der Waals surface area (Å²) in [7, 11) is 0. The summed E-state index contributed by atoms with van der Waals surface area (Å²) in [6, 6.07) is 11.3. The van der Waals surface area contributed by atoms with Crippen LogP contribution in [-0.2, 0) is 16.0 Å². The van der Waals surface area contributed by atoms with Crippen molar-refractivity contribution < 1.29 is 18.8 Å². The van der Waals surface area contributed by atoms with Crippen molar-refractivity contribution in [3.63, 3.8) is 0 Å². The number of hydrogen-bond acceptors (Lipinski definition) is 5. The maximum Gasteiger partial charge on any atom is 0.293 e. The number of furan rings is 1. The summed E-state index contributed by atoms with van der Waals surface area (Å²) < 4.78 is 5.18. The number of benzene rings is 1. The molecule has 1 aromatic carbocycles. The molecule has 3 rings (SSSR count). The van der Waals surface area contributed by atoms with Crippen molar-refractivity contribution in [2.24, 2.45) is 0 Å². The Labute approximate surface area is 161 Å². The number of thioether (sulfide) groups is 1. The summed E-state index contributed by atoms with van der Waals surface area (Å²) in [5, 5.41) is 2.41. The summed E-state index contributed by atoms with van der Waals surface area (Å²) in [6.45, 7) is 2.37. The molecule has 1 saturated heterocycles. The van der Waals surface area contributed by atoms with Crippen LogP contribution in [-0.4, -0.2) is 35.0 Å². The highest BCUT2D eigenvalue weighted by Crippen LogP contribution is 2.31. The number of hydrogen-bond donors (Lipinski definition) is 1. The van der Waals surface area contributed by atoms with Gasteiger partial charge in [0.2, 0.25) is 5.91 Å². The van der Waals surface area contributed by atoms with Gasteiger partial charge in [0.15, 0.2) is 0 Å². The normalized spacial score (nSPS) is 15.6. The molecule has 140 valence electrons. The Morgan fingerprint density at radius 3 is 2.70 bits per heavy atom. The fourth-order valence-corrected chi connectivity index (χ4v) is 3.46. The molecular weight excluding hydrogens is 364 g/mol. The van der Waals surface area contributed by atoms with Gasteiger partial charge in [-0.3, -0.25) is 19.3 Å². The summed E-state index contributed by atoms with van der Waals surface area (Å²) in [4.78, 5) is 37.9. The Balaban J connectivity index is 1.48. The lowest BCUT2D eigenvalue weighted by Crippen LogP contribution is -2.37. The van der Waals surface area contributed by atoms with Crippen LogP contribution in [0, 0.1) is 6.92 Å². The number of carbonyl (C=O) groups is 3. The van der Waals surface area contributed by atoms with Crippen molar-refractivity contribution in [2.45, 2.75) is 19.8 Å². The van der Waals surface area contributed by atoms with Gasteiger partial charge in [-0.25, -0.2) is 0 Å². The highest BCUT2D eigenvalue weighted by atomic mass is 32.2. The first kappa shape index (κ1) is 19.0. The van der Waals surface area contributed by atoms with Crippen LogP contribution in [0.15, 0.2) is 52.0 Å². The van der Waals surface area contributed by atoms with Crippen LogP contribution in [0.4, 0.5) is 4.79 Å². The van der Waals surface area contributed by atoms with Gasteiger partial charge in [0, 0.05) is 25.9 Å². The van der Waals surface area contributed by atoms with E-state index < -0.39 is 0 Å². The van der Waals surface area contributed by atoms with E-state index in [4.69, 9.17) is 4.42 Å². The van der Waals surface area contributed by atoms with E-state index in [-0.39, 0.29) is 30.1 Å². The van der Waals surface area contributed by atoms with Crippen LogP contribution in [0.1, 0.15) is 23.3 Å². The van der Waals surface area contributed by atoms with E-state index in [1.165, 1.54) is 0 Å². The second-order valence-corrected chi connectivity index (χ2v) is 7.17. The molecule has 1 aliphatic rings. The van der Waals surface area contributed by atoms with E-state index in [1.54, 1.807) is 18.4 Å². The molecule has 1 fully saturated rings. The zero-order valence-corrected chi connectivity index (χ0v) is 15.8.